The highest BCUT2D eigenvalue weighted by molar-refractivity contribution is 5.20. The second kappa shape index (κ2) is 5.66. The van der Waals surface area contributed by atoms with Gasteiger partial charge in [0.05, 0.1) is 5.69 Å². The summed E-state index contributed by atoms with van der Waals surface area (Å²) in [6.45, 7) is 5.60. The topological polar surface area (TPSA) is 29.9 Å². The Hall–Kier alpha value is -0.830. The van der Waals surface area contributed by atoms with Gasteiger partial charge < -0.3 is 9.88 Å². The monoisotopic (exact) mass is 261 g/mol. The third-order valence-electron chi connectivity index (χ3n) is 4.84. The summed E-state index contributed by atoms with van der Waals surface area (Å²) in [5.41, 5.74) is 2.89. The first-order chi connectivity index (χ1) is 9.25. The van der Waals surface area contributed by atoms with Crippen molar-refractivity contribution in [3.05, 3.63) is 17.2 Å². The van der Waals surface area contributed by atoms with Crippen LogP contribution in [0.1, 0.15) is 68.7 Å². The van der Waals surface area contributed by atoms with Crippen molar-refractivity contribution in [3.63, 3.8) is 0 Å². The summed E-state index contributed by atoms with van der Waals surface area (Å²) in [5, 5.41) is 3.76. The molecule has 0 amide bonds. The lowest BCUT2D eigenvalue weighted by Crippen LogP contribution is -2.32. The molecule has 0 spiro atoms. The molecule has 0 aliphatic heterocycles. The van der Waals surface area contributed by atoms with Crippen LogP contribution in [0, 0.1) is 6.92 Å². The highest BCUT2D eigenvalue weighted by Gasteiger charge is 2.22. The summed E-state index contributed by atoms with van der Waals surface area (Å²) in [5.74, 6) is 1.22. The second-order valence-corrected chi connectivity index (χ2v) is 6.37. The van der Waals surface area contributed by atoms with E-state index in [-0.39, 0.29) is 0 Å². The molecule has 1 aromatic heterocycles. The minimum atomic E-state index is 0.537. The Balaban J connectivity index is 1.68. The Morgan fingerprint density at radius 3 is 2.74 bits per heavy atom. The second-order valence-electron chi connectivity index (χ2n) is 6.37. The Kier molecular flexibility index (Phi) is 3.92. The standard InChI is InChI=1S/C16H27N3/c1-12(11-17-14-7-3-4-8-14)19-13(2)18-15-9-5-6-10-16(15)19/h12,14,17H,3-11H2,1-2H3. The fraction of sp³-hybridized carbons (Fsp3) is 0.812. The van der Waals surface area contributed by atoms with E-state index in [4.69, 9.17) is 4.98 Å². The Labute approximate surface area is 116 Å². The van der Waals surface area contributed by atoms with Crippen molar-refractivity contribution >= 4 is 0 Å². The van der Waals surface area contributed by atoms with Crippen LogP contribution in [0.15, 0.2) is 0 Å². The van der Waals surface area contributed by atoms with Crippen molar-refractivity contribution in [2.45, 2.75) is 77.3 Å². The molecule has 3 rings (SSSR count). The Morgan fingerprint density at radius 1 is 1.21 bits per heavy atom. The third-order valence-corrected chi connectivity index (χ3v) is 4.84. The number of nitrogens with zero attached hydrogens (tertiary/aromatic N) is 2. The van der Waals surface area contributed by atoms with E-state index < -0.39 is 0 Å². The van der Waals surface area contributed by atoms with Crippen molar-refractivity contribution < 1.29 is 0 Å². The number of rotatable bonds is 4. The van der Waals surface area contributed by atoms with E-state index in [0.717, 1.165) is 12.6 Å². The molecule has 0 radical (unpaired) electrons. The highest BCUT2D eigenvalue weighted by atomic mass is 15.1. The smallest absolute Gasteiger partial charge is 0.106 e. The van der Waals surface area contributed by atoms with Crippen LogP contribution >= 0.6 is 0 Å². The molecule has 106 valence electrons. The molecular formula is C16H27N3. The zero-order chi connectivity index (χ0) is 13.2. The molecule has 1 aromatic rings. The van der Waals surface area contributed by atoms with Gasteiger partial charge >= 0.3 is 0 Å². The minimum Gasteiger partial charge on any atom is -0.328 e. The third kappa shape index (κ3) is 2.71. The van der Waals surface area contributed by atoms with Crippen LogP contribution in [-0.2, 0) is 12.8 Å². The average Bonchev–Trinajstić information content (AvgIpc) is 3.02. The van der Waals surface area contributed by atoms with Crippen LogP contribution in [-0.4, -0.2) is 22.1 Å². The van der Waals surface area contributed by atoms with Crippen molar-refractivity contribution in [3.8, 4) is 0 Å². The fourth-order valence-electron chi connectivity index (χ4n) is 3.84. The van der Waals surface area contributed by atoms with Gasteiger partial charge in [0, 0.05) is 24.3 Å². The first-order valence-electron chi connectivity index (χ1n) is 8.05. The lowest BCUT2D eigenvalue weighted by molar-refractivity contribution is 0.424. The quantitative estimate of drug-likeness (QED) is 0.902. The van der Waals surface area contributed by atoms with Crippen LogP contribution in [0.3, 0.4) is 0 Å². The van der Waals surface area contributed by atoms with Crippen molar-refractivity contribution in [1.29, 1.82) is 0 Å². The molecule has 0 bridgehead atoms. The number of nitrogens with one attached hydrogen (secondary N) is 1. The Bertz CT molecular complexity index is 429. The molecule has 19 heavy (non-hydrogen) atoms. The number of hydrogen-bond donors (Lipinski definition) is 1. The molecule has 3 heteroatoms. The lowest BCUT2D eigenvalue weighted by Gasteiger charge is -2.23. The summed E-state index contributed by atoms with van der Waals surface area (Å²) in [7, 11) is 0. The van der Waals surface area contributed by atoms with Crippen LogP contribution < -0.4 is 5.32 Å². The molecule has 0 saturated heterocycles. The van der Waals surface area contributed by atoms with Crippen LogP contribution in [0.2, 0.25) is 0 Å². The number of aromatic nitrogens is 2. The van der Waals surface area contributed by atoms with Gasteiger partial charge in [0.25, 0.3) is 0 Å². The predicted molar refractivity (Wildman–Crippen MR) is 78.6 cm³/mol. The summed E-state index contributed by atoms with van der Waals surface area (Å²) in [6.07, 6.45) is 10.6. The molecule has 1 N–H and O–H groups in total. The van der Waals surface area contributed by atoms with Crippen LogP contribution in [0.25, 0.3) is 0 Å². The van der Waals surface area contributed by atoms with E-state index >= 15 is 0 Å². The molecule has 1 unspecified atom stereocenters. The van der Waals surface area contributed by atoms with Gasteiger partial charge in [-0.2, -0.15) is 0 Å². The van der Waals surface area contributed by atoms with Gasteiger partial charge in [-0.15, -0.1) is 0 Å². The lowest BCUT2D eigenvalue weighted by atomic mass is 10.0. The van der Waals surface area contributed by atoms with Gasteiger partial charge in [-0.3, -0.25) is 0 Å². The van der Waals surface area contributed by atoms with Gasteiger partial charge in [-0.1, -0.05) is 12.8 Å². The molecule has 2 aliphatic carbocycles. The van der Waals surface area contributed by atoms with Crippen molar-refractivity contribution in [2.24, 2.45) is 0 Å². The van der Waals surface area contributed by atoms with E-state index in [1.165, 1.54) is 68.6 Å². The molecular weight excluding hydrogens is 234 g/mol. The van der Waals surface area contributed by atoms with E-state index in [1.54, 1.807) is 0 Å². The van der Waals surface area contributed by atoms with Gasteiger partial charge in [-0.05, 0) is 52.4 Å². The predicted octanol–water partition coefficient (Wildman–Crippen LogP) is 3.16. The first-order valence-corrected chi connectivity index (χ1v) is 8.05. The number of imidazole rings is 1. The van der Waals surface area contributed by atoms with Crippen molar-refractivity contribution in [2.75, 3.05) is 6.54 Å². The number of hydrogen-bond acceptors (Lipinski definition) is 2. The SMILES string of the molecule is Cc1nc2c(n1C(C)CNC1CCCC1)CCCC2. The van der Waals surface area contributed by atoms with Crippen LogP contribution in [0.5, 0.6) is 0 Å². The van der Waals surface area contributed by atoms with E-state index in [2.05, 4.69) is 23.7 Å². The molecule has 3 nitrogen and oxygen atoms in total. The molecule has 1 saturated carbocycles. The normalized spacial score (nSPS) is 21.6. The Morgan fingerprint density at radius 2 is 1.95 bits per heavy atom. The molecule has 1 fully saturated rings. The zero-order valence-electron chi connectivity index (χ0n) is 12.4. The summed E-state index contributed by atoms with van der Waals surface area (Å²) in [6, 6.07) is 1.30. The highest BCUT2D eigenvalue weighted by Crippen LogP contribution is 2.25. The van der Waals surface area contributed by atoms with Gasteiger partial charge in [0.2, 0.25) is 0 Å². The van der Waals surface area contributed by atoms with Gasteiger partial charge in [-0.25, -0.2) is 4.98 Å². The number of aryl methyl sites for hydroxylation is 2. The maximum Gasteiger partial charge on any atom is 0.106 e. The van der Waals surface area contributed by atoms with E-state index in [0.29, 0.717) is 6.04 Å². The van der Waals surface area contributed by atoms with Crippen molar-refractivity contribution in [1.82, 2.24) is 14.9 Å². The number of fused-ring (bicyclic) bond motifs is 1. The molecule has 1 heterocycles. The molecule has 1 atom stereocenters. The van der Waals surface area contributed by atoms with Gasteiger partial charge in [0.1, 0.15) is 5.82 Å². The zero-order valence-corrected chi connectivity index (χ0v) is 12.4. The molecule has 0 aromatic carbocycles. The molecule has 2 aliphatic rings. The maximum absolute atomic E-state index is 4.79. The summed E-state index contributed by atoms with van der Waals surface area (Å²) >= 11 is 0. The summed E-state index contributed by atoms with van der Waals surface area (Å²) < 4.78 is 2.50. The van der Waals surface area contributed by atoms with E-state index in [1.807, 2.05) is 0 Å². The van der Waals surface area contributed by atoms with Gasteiger partial charge in [0.15, 0.2) is 0 Å². The summed E-state index contributed by atoms with van der Waals surface area (Å²) in [4.78, 5) is 4.79. The van der Waals surface area contributed by atoms with Crippen LogP contribution in [0.4, 0.5) is 0 Å². The largest absolute Gasteiger partial charge is 0.328 e. The minimum absolute atomic E-state index is 0.537. The fourth-order valence-corrected chi connectivity index (χ4v) is 3.84. The maximum atomic E-state index is 4.79. The average molecular weight is 261 g/mol. The first kappa shape index (κ1) is 13.2. The van der Waals surface area contributed by atoms with E-state index in [9.17, 15) is 0 Å².